The van der Waals surface area contributed by atoms with E-state index in [4.69, 9.17) is 0 Å². The molecule has 0 fully saturated rings. The van der Waals surface area contributed by atoms with Crippen molar-refractivity contribution in [2.24, 2.45) is 0 Å². The van der Waals surface area contributed by atoms with Crippen molar-refractivity contribution in [3.8, 4) is 5.95 Å². The summed E-state index contributed by atoms with van der Waals surface area (Å²) in [4.78, 5) is 23.7. The first-order chi connectivity index (χ1) is 12.7. The average Bonchev–Trinajstić information content (AvgIpc) is 2.89. The lowest BCUT2D eigenvalue weighted by molar-refractivity contribution is -0.141. The molecule has 0 saturated heterocycles. The number of carbonyl (C=O) groups is 1. The zero-order valence-corrected chi connectivity index (χ0v) is 14.7. The van der Waals surface area contributed by atoms with Crippen molar-refractivity contribution in [1.29, 1.82) is 0 Å². The van der Waals surface area contributed by atoms with Gasteiger partial charge in [-0.15, -0.1) is 0 Å². The fourth-order valence-corrected chi connectivity index (χ4v) is 2.31. The molecule has 140 valence electrons. The van der Waals surface area contributed by atoms with Gasteiger partial charge in [0.15, 0.2) is 0 Å². The van der Waals surface area contributed by atoms with Gasteiger partial charge in [0.2, 0.25) is 0 Å². The minimum absolute atomic E-state index is 0.0127. The van der Waals surface area contributed by atoms with Crippen LogP contribution in [0.25, 0.3) is 5.95 Å². The summed E-state index contributed by atoms with van der Waals surface area (Å²) in [6.07, 6.45) is -0.904. The monoisotopic (exact) mass is 376 g/mol. The molecule has 3 rings (SSSR count). The van der Waals surface area contributed by atoms with E-state index < -0.39 is 17.8 Å². The Labute approximate surface area is 152 Å². The second-order valence-electron chi connectivity index (χ2n) is 5.86. The second kappa shape index (κ2) is 6.78. The molecular formula is C17H15F3N6O. The molecule has 3 aromatic rings. The average molecular weight is 376 g/mol. The molecule has 0 bridgehead atoms. The first-order valence-corrected chi connectivity index (χ1v) is 7.86. The number of rotatable bonds is 3. The van der Waals surface area contributed by atoms with Crippen molar-refractivity contribution in [2.75, 3.05) is 5.32 Å². The molecule has 1 N–H and O–H groups in total. The van der Waals surface area contributed by atoms with Crippen LogP contribution in [0, 0.1) is 20.8 Å². The summed E-state index contributed by atoms with van der Waals surface area (Å²) < 4.78 is 39.1. The first kappa shape index (κ1) is 18.5. The van der Waals surface area contributed by atoms with E-state index in [-0.39, 0.29) is 5.56 Å². The molecule has 0 aliphatic carbocycles. The number of aryl methyl sites for hydroxylation is 1. The van der Waals surface area contributed by atoms with E-state index in [1.165, 1.54) is 12.4 Å². The molecule has 0 aromatic carbocycles. The molecule has 0 atom stereocenters. The summed E-state index contributed by atoms with van der Waals surface area (Å²) in [5.74, 6) is -0.271. The van der Waals surface area contributed by atoms with Crippen molar-refractivity contribution in [3.63, 3.8) is 0 Å². The highest BCUT2D eigenvalue weighted by molar-refractivity contribution is 6.03. The van der Waals surface area contributed by atoms with Gasteiger partial charge < -0.3 is 5.32 Å². The van der Waals surface area contributed by atoms with Crippen LogP contribution in [0.5, 0.6) is 0 Å². The molecule has 0 spiro atoms. The van der Waals surface area contributed by atoms with Crippen molar-refractivity contribution in [1.82, 2.24) is 24.7 Å². The SMILES string of the molecule is Cc1nn(-c2ncc(NC(=O)c3ccc(C(F)(F)F)nc3)cn2)c(C)c1C. The molecule has 27 heavy (non-hydrogen) atoms. The Balaban J connectivity index is 1.74. The number of alkyl halides is 3. The van der Waals surface area contributed by atoms with Gasteiger partial charge in [0.25, 0.3) is 11.9 Å². The van der Waals surface area contributed by atoms with Crippen LogP contribution in [0.15, 0.2) is 30.7 Å². The fourth-order valence-electron chi connectivity index (χ4n) is 2.31. The van der Waals surface area contributed by atoms with E-state index in [1.807, 2.05) is 20.8 Å². The zero-order valence-electron chi connectivity index (χ0n) is 14.7. The van der Waals surface area contributed by atoms with Crippen molar-refractivity contribution >= 4 is 11.6 Å². The lowest BCUT2D eigenvalue weighted by atomic mass is 10.2. The van der Waals surface area contributed by atoms with E-state index in [9.17, 15) is 18.0 Å². The largest absolute Gasteiger partial charge is 0.433 e. The Morgan fingerprint density at radius 3 is 2.19 bits per heavy atom. The smallest absolute Gasteiger partial charge is 0.319 e. The summed E-state index contributed by atoms with van der Waals surface area (Å²) in [6.45, 7) is 5.72. The number of pyridine rings is 1. The molecule has 0 aliphatic heterocycles. The van der Waals surface area contributed by atoms with Crippen LogP contribution in [0.3, 0.4) is 0 Å². The van der Waals surface area contributed by atoms with Gasteiger partial charge in [0, 0.05) is 11.9 Å². The van der Waals surface area contributed by atoms with E-state index in [2.05, 4.69) is 25.4 Å². The van der Waals surface area contributed by atoms with Crippen LogP contribution in [0.1, 0.15) is 33.0 Å². The van der Waals surface area contributed by atoms with Gasteiger partial charge >= 0.3 is 6.18 Å². The number of anilines is 1. The number of carbonyl (C=O) groups excluding carboxylic acids is 1. The Morgan fingerprint density at radius 1 is 1.04 bits per heavy atom. The van der Waals surface area contributed by atoms with E-state index in [0.717, 1.165) is 35.3 Å². The quantitative estimate of drug-likeness (QED) is 0.758. The molecule has 0 saturated carbocycles. The lowest BCUT2D eigenvalue weighted by Gasteiger charge is -2.08. The number of nitrogens with zero attached hydrogens (tertiary/aromatic N) is 5. The van der Waals surface area contributed by atoms with Crippen LogP contribution >= 0.6 is 0 Å². The Morgan fingerprint density at radius 2 is 1.70 bits per heavy atom. The van der Waals surface area contributed by atoms with Crippen LogP contribution in [0.4, 0.5) is 18.9 Å². The van der Waals surface area contributed by atoms with Gasteiger partial charge in [-0.2, -0.15) is 18.3 Å². The van der Waals surface area contributed by atoms with Gasteiger partial charge in [-0.05, 0) is 38.5 Å². The maximum absolute atomic E-state index is 12.5. The Bertz CT molecular complexity index is 978. The van der Waals surface area contributed by atoms with Crippen molar-refractivity contribution < 1.29 is 18.0 Å². The van der Waals surface area contributed by atoms with Crippen molar-refractivity contribution in [2.45, 2.75) is 26.9 Å². The predicted molar refractivity (Wildman–Crippen MR) is 90.6 cm³/mol. The minimum atomic E-state index is -4.56. The number of hydrogen-bond donors (Lipinski definition) is 1. The third kappa shape index (κ3) is 3.78. The van der Waals surface area contributed by atoms with Crippen LogP contribution in [0.2, 0.25) is 0 Å². The van der Waals surface area contributed by atoms with Gasteiger partial charge in [-0.1, -0.05) is 0 Å². The van der Waals surface area contributed by atoms with Crippen LogP contribution in [-0.2, 0) is 6.18 Å². The second-order valence-corrected chi connectivity index (χ2v) is 5.86. The number of amides is 1. The molecule has 10 heteroatoms. The van der Waals surface area contributed by atoms with Crippen LogP contribution in [-0.4, -0.2) is 30.6 Å². The molecular weight excluding hydrogens is 361 g/mol. The molecule has 0 aliphatic rings. The summed E-state index contributed by atoms with van der Waals surface area (Å²) >= 11 is 0. The fraction of sp³-hybridized carbons (Fsp3) is 0.235. The topological polar surface area (TPSA) is 85.6 Å². The molecule has 3 heterocycles. The summed E-state index contributed by atoms with van der Waals surface area (Å²) in [5.41, 5.74) is 2.02. The van der Waals surface area contributed by atoms with Gasteiger partial charge in [-0.25, -0.2) is 14.6 Å². The summed E-state index contributed by atoms with van der Waals surface area (Å²) in [6, 6.07) is 1.80. The number of nitrogens with one attached hydrogen (secondary N) is 1. The maximum Gasteiger partial charge on any atom is 0.433 e. The van der Waals surface area contributed by atoms with E-state index >= 15 is 0 Å². The maximum atomic E-state index is 12.5. The first-order valence-electron chi connectivity index (χ1n) is 7.86. The van der Waals surface area contributed by atoms with Gasteiger partial charge in [0.1, 0.15) is 5.69 Å². The predicted octanol–water partition coefficient (Wildman–Crippen LogP) is 3.25. The highest BCUT2D eigenvalue weighted by atomic mass is 19.4. The molecule has 0 radical (unpaired) electrons. The molecule has 0 unspecified atom stereocenters. The Hall–Kier alpha value is -3.30. The third-order valence-corrected chi connectivity index (χ3v) is 4.05. The van der Waals surface area contributed by atoms with E-state index in [0.29, 0.717) is 11.6 Å². The van der Waals surface area contributed by atoms with E-state index in [1.54, 1.807) is 4.68 Å². The molecule has 7 nitrogen and oxygen atoms in total. The van der Waals surface area contributed by atoms with Gasteiger partial charge in [0.05, 0.1) is 29.3 Å². The summed E-state index contributed by atoms with van der Waals surface area (Å²) in [7, 11) is 0. The molecule has 1 amide bonds. The summed E-state index contributed by atoms with van der Waals surface area (Å²) in [5, 5.41) is 6.86. The lowest BCUT2D eigenvalue weighted by Crippen LogP contribution is -2.15. The molecule has 3 aromatic heterocycles. The zero-order chi connectivity index (χ0) is 19.8. The third-order valence-electron chi connectivity index (χ3n) is 4.05. The minimum Gasteiger partial charge on any atom is -0.319 e. The number of hydrogen-bond acceptors (Lipinski definition) is 5. The Kier molecular flexibility index (Phi) is 4.64. The number of halogens is 3. The number of aromatic nitrogens is 5. The van der Waals surface area contributed by atoms with Gasteiger partial charge in [-0.3, -0.25) is 9.78 Å². The highest BCUT2D eigenvalue weighted by Gasteiger charge is 2.32. The normalized spacial score (nSPS) is 11.5. The highest BCUT2D eigenvalue weighted by Crippen LogP contribution is 2.27. The standard InChI is InChI=1S/C17H15F3N6O/c1-9-10(2)25-26(11(9)3)16-22-7-13(8-23-16)24-15(27)12-4-5-14(21-6-12)17(18,19)20/h4-8H,1-3H3,(H,24,27). The van der Waals surface area contributed by atoms with Crippen LogP contribution < -0.4 is 5.32 Å². The van der Waals surface area contributed by atoms with Crippen molar-refractivity contribution in [3.05, 3.63) is 58.9 Å².